The lowest BCUT2D eigenvalue weighted by Crippen LogP contribution is -1.89. The Labute approximate surface area is 88.8 Å². The van der Waals surface area contributed by atoms with Gasteiger partial charge in [0.25, 0.3) is 0 Å². The van der Waals surface area contributed by atoms with E-state index in [1.807, 2.05) is 6.08 Å². The lowest BCUT2D eigenvalue weighted by atomic mass is 10.1. The van der Waals surface area contributed by atoms with Crippen LogP contribution in [-0.4, -0.2) is 12.3 Å². The number of rotatable bonds is 5. The molecule has 0 fully saturated rings. The maximum Gasteiger partial charge on any atom is -0.00733 e. The van der Waals surface area contributed by atoms with E-state index in [9.17, 15) is 0 Å². The van der Waals surface area contributed by atoms with Crippen molar-refractivity contribution < 1.29 is 0 Å². The van der Waals surface area contributed by atoms with Gasteiger partial charge in [-0.15, -0.1) is 7.92 Å². The zero-order chi connectivity index (χ0) is 10.4. The topological polar surface area (TPSA) is 0 Å². The van der Waals surface area contributed by atoms with Crippen molar-refractivity contribution >= 4 is 14.0 Å². The minimum Gasteiger partial charge on any atom is -0.103 e. The standard InChI is InChI=1S/C13H19P/c1-4-12-7-9-13(10-8-12)11-14(5-2)6-3/h4,7-10H,1,5-6,11H2,2-3H3. The van der Waals surface area contributed by atoms with E-state index in [4.69, 9.17) is 0 Å². The Morgan fingerprint density at radius 2 is 1.71 bits per heavy atom. The molecule has 0 aliphatic heterocycles. The van der Waals surface area contributed by atoms with Gasteiger partial charge in [-0.3, -0.25) is 0 Å². The lowest BCUT2D eigenvalue weighted by molar-refractivity contribution is 1.31. The minimum atomic E-state index is 0.228. The average Bonchev–Trinajstić information content (AvgIpc) is 2.26. The molecule has 1 heteroatoms. The van der Waals surface area contributed by atoms with Crippen molar-refractivity contribution in [3.8, 4) is 0 Å². The highest BCUT2D eigenvalue weighted by Crippen LogP contribution is 2.38. The minimum absolute atomic E-state index is 0.228. The van der Waals surface area contributed by atoms with Gasteiger partial charge >= 0.3 is 0 Å². The van der Waals surface area contributed by atoms with E-state index in [0.717, 1.165) is 0 Å². The maximum absolute atomic E-state index is 3.76. The highest BCUT2D eigenvalue weighted by Gasteiger charge is 2.03. The van der Waals surface area contributed by atoms with Gasteiger partial charge in [-0.25, -0.2) is 0 Å². The van der Waals surface area contributed by atoms with Crippen LogP contribution in [0.25, 0.3) is 6.08 Å². The first kappa shape index (κ1) is 11.5. The van der Waals surface area contributed by atoms with E-state index in [1.165, 1.54) is 29.6 Å². The van der Waals surface area contributed by atoms with Crippen LogP contribution in [0.15, 0.2) is 30.8 Å². The largest absolute Gasteiger partial charge is 0.103 e. The second kappa shape index (κ2) is 5.98. The monoisotopic (exact) mass is 206 g/mol. The molecule has 0 saturated heterocycles. The first-order valence-corrected chi connectivity index (χ1v) is 7.13. The van der Waals surface area contributed by atoms with E-state index < -0.39 is 0 Å². The van der Waals surface area contributed by atoms with Crippen molar-refractivity contribution in [1.29, 1.82) is 0 Å². The summed E-state index contributed by atoms with van der Waals surface area (Å²) < 4.78 is 0. The summed E-state index contributed by atoms with van der Waals surface area (Å²) in [7, 11) is 0.228. The third kappa shape index (κ3) is 3.27. The van der Waals surface area contributed by atoms with Crippen molar-refractivity contribution in [2.45, 2.75) is 20.0 Å². The maximum atomic E-state index is 3.76. The normalized spacial score (nSPS) is 10.5. The van der Waals surface area contributed by atoms with E-state index in [2.05, 4.69) is 44.7 Å². The van der Waals surface area contributed by atoms with Crippen LogP contribution in [0.4, 0.5) is 0 Å². The number of hydrogen-bond donors (Lipinski definition) is 0. The molecule has 0 N–H and O–H groups in total. The van der Waals surface area contributed by atoms with Crippen molar-refractivity contribution in [3.63, 3.8) is 0 Å². The van der Waals surface area contributed by atoms with Crippen LogP contribution in [0.5, 0.6) is 0 Å². The first-order valence-electron chi connectivity index (χ1n) is 5.23. The molecule has 14 heavy (non-hydrogen) atoms. The fourth-order valence-corrected chi connectivity index (χ4v) is 3.09. The van der Waals surface area contributed by atoms with Gasteiger partial charge in [-0.2, -0.15) is 0 Å². The fraction of sp³-hybridized carbons (Fsp3) is 0.385. The zero-order valence-electron chi connectivity index (χ0n) is 9.16. The fourth-order valence-electron chi connectivity index (χ4n) is 1.46. The molecular formula is C13H19P. The summed E-state index contributed by atoms with van der Waals surface area (Å²) in [6.07, 6.45) is 5.86. The summed E-state index contributed by atoms with van der Waals surface area (Å²) in [6, 6.07) is 8.78. The Hall–Kier alpha value is -0.610. The molecule has 0 unspecified atom stereocenters. The summed E-state index contributed by atoms with van der Waals surface area (Å²) in [6.45, 7) is 8.36. The van der Waals surface area contributed by atoms with Crippen LogP contribution in [-0.2, 0) is 6.16 Å². The molecule has 1 aromatic rings. The molecule has 0 heterocycles. The molecule has 0 spiro atoms. The number of benzene rings is 1. The van der Waals surface area contributed by atoms with E-state index >= 15 is 0 Å². The molecule has 0 nitrogen and oxygen atoms in total. The molecule has 1 rings (SSSR count). The molecule has 0 amide bonds. The van der Waals surface area contributed by atoms with Crippen LogP contribution in [0.3, 0.4) is 0 Å². The lowest BCUT2D eigenvalue weighted by Gasteiger charge is -2.12. The average molecular weight is 206 g/mol. The van der Waals surface area contributed by atoms with E-state index in [-0.39, 0.29) is 7.92 Å². The number of hydrogen-bond acceptors (Lipinski definition) is 0. The second-order valence-corrected chi connectivity index (χ2v) is 6.33. The van der Waals surface area contributed by atoms with Gasteiger partial charge in [0.2, 0.25) is 0 Å². The molecular weight excluding hydrogens is 187 g/mol. The quantitative estimate of drug-likeness (QED) is 0.628. The van der Waals surface area contributed by atoms with Gasteiger partial charge in [-0.1, -0.05) is 50.8 Å². The highest BCUT2D eigenvalue weighted by molar-refractivity contribution is 7.56. The van der Waals surface area contributed by atoms with Crippen LogP contribution in [0.2, 0.25) is 0 Å². The van der Waals surface area contributed by atoms with Crippen LogP contribution >= 0.6 is 7.92 Å². The Balaban J connectivity index is 2.63. The summed E-state index contributed by atoms with van der Waals surface area (Å²) in [5.74, 6) is 0. The van der Waals surface area contributed by atoms with Gasteiger partial charge in [0.15, 0.2) is 0 Å². The predicted molar refractivity (Wildman–Crippen MR) is 68.2 cm³/mol. The molecule has 0 bridgehead atoms. The third-order valence-electron chi connectivity index (χ3n) is 2.52. The molecule has 1 aromatic carbocycles. The molecule has 0 atom stereocenters. The van der Waals surface area contributed by atoms with Crippen molar-refractivity contribution in [1.82, 2.24) is 0 Å². The first-order chi connectivity index (χ1) is 6.80. The zero-order valence-corrected chi connectivity index (χ0v) is 10.1. The second-order valence-electron chi connectivity index (χ2n) is 3.41. The van der Waals surface area contributed by atoms with Gasteiger partial charge < -0.3 is 0 Å². The molecule has 0 aliphatic rings. The SMILES string of the molecule is C=Cc1ccc(CP(CC)CC)cc1. The van der Waals surface area contributed by atoms with Crippen LogP contribution in [0, 0.1) is 0 Å². The predicted octanol–water partition coefficient (Wildman–Crippen LogP) is 4.35. The Morgan fingerprint density at radius 3 is 2.14 bits per heavy atom. The van der Waals surface area contributed by atoms with Crippen molar-refractivity contribution in [2.75, 3.05) is 12.3 Å². The summed E-state index contributed by atoms with van der Waals surface area (Å²) in [5.41, 5.74) is 2.69. The van der Waals surface area contributed by atoms with Gasteiger partial charge in [-0.05, 0) is 29.6 Å². The Kier molecular flexibility index (Phi) is 4.90. The highest BCUT2D eigenvalue weighted by atomic mass is 31.1. The summed E-state index contributed by atoms with van der Waals surface area (Å²) >= 11 is 0. The van der Waals surface area contributed by atoms with Crippen molar-refractivity contribution in [2.24, 2.45) is 0 Å². The summed E-state index contributed by atoms with van der Waals surface area (Å²) in [5, 5.41) is 0. The molecule has 0 aliphatic carbocycles. The molecule has 0 saturated carbocycles. The van der Waals surface area contributed by atoms with Gasteiger partial charge in [0, 0.05) is 0 Å². The van der Waals surface area contributed by atoms with E-state index in [0.29, 0.717) is 0 Å². The van der Waals surface area contributed by atoms with E-state index in [1.54, 1.807) is 0 Å². The van der Waals surface area contributed by atoms with Crippen molar-refractivity contribution in [3.05, 3.63) is 42.0 Å². The van der Waals surface area contributed by atoms with Gasteiger partial charge in [0.1, 0.15) is 0 Å². The van der Waals surface area contributed by atoms with Crippen LogP contribution < -0.4 is 0 Å². The molecule has 0 aromatic heterocycles. The third-order valence-corrected chi connectivity index (χ3v) is 5.12. The molecule has 76 valence electrons. The Bertz CT molecular complexity index is 270. The smallest absolute Gasteiger partial charge is 0.00733 e. The summed E-state index contributed by atoms with van der Waals surface area (Å²) in [4.78, 5) is 0. The Morgan fingerprint density at radius 1 is 1.14 bits per heavy atom. The molecule has 0 radical (unpaired) electrons. The van der Waals surface area contributed by atoms with Crippen LogP contribution in [0.1, 0.15) is 25.0 Å². The van der Waals surface area contributed by atoms with Gasteiger partial charge in [0.05, 0.1) is 0 Å².